The predicted octanol–water partition coefficient (Wildman–Crippen LogP) is 3.23. The summed E-state index contributed by atoms with van der Waals surface area (Å²) in [6.07, 6.45) is 8.08. The molecule has 3 rings (SSSR count). The molecule has 7 nitrogen and oxygen atoms in total. The van der Waals surface area contributed by atoms with Crippen molar-refractivity contribution in [1.29, 1.82) is 0 Å². The molecular formula is C15H23N5O2S. The molecule has 1 atom stereocenters. The molecular weight excluding hydrogens is 314 g/mol. The van der Waals surface area contributed by atoms with E-state index in [1.165, 1.54) is 47.8 Å². The summed E-state index contributed by atoms with van der Waals surface area (Å²) in [6.45, 7) is 0.684. The Labute approximate surface area is 139 Å². The molecule has 1 fully saturated rings. The van der Waals surface area contributed by atoms with Gasteiger partial charge in [-0.25, -0.2) is 0 Å². The SMILES string of the molecule is CN(C)C(CNc1nc2sccn2c1[N+](=O)[O-])C1CCCCC1. The standard InChI is InChI=1S/C15H23N5O2S/c1-18(2)12(11-6-4-3-5-7-11)10-16-13-14(20(21)22)19-8-9-23-15(19)17-13/h8-9,11-12,16H,3-7,10H2,1-2H3. The number of rotatable bonds is 6. The Morgan fingerprint density at radius 3 is 2.87 bits per heavy atom. The highest BCUT2D eigenvalue weighted by Gasteiger charge is 2.28. The van der Waals surface area contributed by atoms with Gasteiger partial charge in [0, 0.05) is 18.0 Å². The van der Waals surface area contributed by atoms with Crippen molar-refractivity contribution in [1.82, 2.24) is 14.3 Å². The molecule has 0 aromatic carbocycles. The number of nitro groups is 1. The number of imidazole rings is 1. The minimum Gasteiger partial charge on any atom is -0.361 e. The molecule has 2 aromatic rings. The molecule has 0 radical (unpaired) electrons. The van der Waals surface area contributed by atoms with E-state index in [0.29, 0.717) is 29.3 Å². The Hall–Kier alpha value is -1.67. The van der Waals surface area contributed by atoms with Crippen LogP contribution in [-0.2, 0) is 0 Å². The molecule has 0 amide bonds. The van der Waals surface area contributed by atoms with Crippen LogP contribution in [0.25, 0.3) is 4.96 Å². The average Bonchev–Trinajstić information content (AvgIpc) is 3.08. The van der Waals surface area contributed by atoms with Crippen LogP contribution in [0.2, 0.25) is 0 Å². The molecule has 0 spiro atoms. The number of fused-ring (bicyclic) bond motifs is 1. The van der Waals surface area contributed by atoms with E-state index in [2.05, 4.69) is 29.3 Å². The summed E-state index contributed by atoms with van der Waals surface area (Å²) in [7, 11) is 4.17. The minimum absolute atomic E-state index is 0.0300. The molecule has 1 aliphatic rings. The molecule has 1 unspecified atom stereocenters. The molecule has 23 heavy (non-hydrogen) atoms. The Balaban J connectivity index is 1.76. The topological polar surface area (TPSA) is 75.7 Å². The molecule has 126 valence electrons. The Kier molecular flexibility index (Phi) is 4.82. The largest absolute Gasteiger partial charge is 0.372 e. The summed E-state index contributed by atoms with van der Waals surface area (Å²) in [5, 5.41) is 16.4. The van der Waals surface area contributed by atoms with Crippen molar-refractivity contribution in [3.05, 3.63) is 21.7 Å². The molecule has 2 heterocycles. The highest BCUT2D eigenvalue weighted by molar-refractivity contribution is 7.15. The van der Waals surface area contributed by atoms with E-state index < -0.39 is 0 Å². The van der Waals surface area contributed by atoms with Gasteiger partial charge in [-0.15, -0.1) is 0 Å². The normalized spacial score (nSPS) is 17.7. The first kappa shape index (κ1) is 16.2. The summed E-state index contributed by atoms with van der Waals surface area (Å²) < 4.78 is 1.54. The lowest BCUT2D eigenvalue weighted by molar-refractivity contribution is -0.389. The molecule has 2 aromatic heterocycles. The summed E-state index contributed by atoms with van der Waals surface area (Å²) >= 11 is 1.41. The van der Waals surface area contributed by atoms with Gasteiger partial charge in [-0.1, -0.05) is 30.6 Å². The zero-order valence-electron chi connectivity index (χ0n) is 13.6. The van der Waals surface area contributed by atoms with Crippen molar-refractivity contribution in [3.63, 3.8) is 0 Å². The first-order valence-corrected chi connectivity index (χ1v) is 8.96. The van der Waals surface area contributed by atoms with Crippen molar-refractivity contribution in [3.8, 4) is 0 Å². The van der Waals surface area contributed by atoms with Gasteiger partial charge in [0.1, 0.15) is 6.20 Å². The quantitative estimate of drug-likeness (QED) is 0.647. The maximum Gasteiger partial charge on any atom is 0.372 e. The summed E-state index contributed by atoms with van der Waals surface area (Å²) in [6, 6.07) is 0.370. The molecule has 8 heteroatoms. The van der Waals surface area contributed by atoms with E-state index in [4.69, 9.17) is 0 Å². The molecule has 0 saturated heterocycles. The van der Waals surface area contributed by atoms with Gasteiger partial charge in [0.2, 0.25) is 5.82 Å². The van der Waals surface area contributed by atoms with Crippen LogP contribution in [-0.4, -0.2) is 45.9 Å². The van der Waals surface area contributed by atoms with Crippen molar-refractivity contribution >= 4 is 27.9 Å². The first-order chi connectivity index (χ1) is 11.1. The molecule has 1 saturated carbocycles. The first-order valence-electron chi connectivity index (χ1n) is 8.08. The lowest BCUT2D eigenvalue weighted by Crippen LogP contribution is -2.41. The van der Waals surface area contributed by atoms with Gasteiger partial charge in [0.05, 0.1) is 0 Å². The van der Waals surface area contributed by atoms with Crippen LogP contribution in [0.15, 0.2) is 11.6 Å². The molecule has 1 aliphatic carbocycles. The number of aromatic nitrogens is 2. The average molecular weight is 337 g/mol. The third-order valence-electron chi connectivity index (χ3n) is 4.75. The number of thiazole rings is 1. The number of nitrogens with zero attached hydrogens (tertiary/aromatic N) is 4. The zero-order valence-corrected chi connectivity index (χ0v) is 14.4. The molecule has 0 bridgehead atoms. The van der Waals surface area contributed by atoms with Gasteiger partial charge in [-0.05, 0) is 37.8 Å². The van der Waals surface area contributed by atoms with Crippen LogP contribution in [0.1, 0.15) is 32.1 Å². The van der Waals surface area contributed by atoms with Crippen LogP contribution in [0.3, 0.4) is 0 Å². The fourth-order valence-corrected chi connectivity index (χ4v) is 4.27. The van der Waals surface area contributed by atoms with Gasteiger partial charge >= 0.3 is 5.82 Å². The van der Waals surface area contributed by atoms with Crippen LogP contribution in [0.5, 0.6) is 0 Å². The third-order valence-corrected chi connectivity index (χ3v) is 5.50. The Morgan fingerprint density at radius 2 is 2.22 bits per heavy atom. The number of hydrogen-bond acceptors (Lipinski definition) is 6. The monoisotopic (exact) mass is 337 g/mol. The van der Waals surface area contributed by atoms with Gasteiger partial charge < -0.3 is 20.3 Å². The van der Waals surface area contributed by atoms with E-state index in [1.54, 1.807) is 6.20 Å². The Morgan fingerprint density at radius 1 is 1.48 bits per heavy atom. The highest BCUT2D eigenvalue weighted by Crippen LogP contribution is 2.31. The van der Waals surface area contributed by atoms with E-state index in [9.17, 15) is 10.1 Å². The highest BCUT2D eigenvalue weighted by atomic mass is 32.1. The second-order valence-corrected chi connectivity index (χ2v) is 7.28. The smallest absolute Gasteiger partial charge is 0.361 e. The summed E-state index contributed by atoms with van der Waals surface area (Å²) in [5.41, 5.74) is 0. The third kappa shape index (κ3) is 3.32. The Bertz CT molecular complexity index is 675. The zero-order chi connectivity index (χ0) is 16.4. The van der Waals surface area contributed by atoms with Gasteiger partial charge in [0.25, 0.3) is 4.96 Å². The van der Waals surface area contributed by atoms with Crippen molar-refractivity contribution in [2.24, 2.45) is 5.92 Å². The minimum atomic E-state index is -0.361. The lowest BCUT2D eigenvalue weighted by atomic mass is 9.83. The van der Waals surface area contributed by atoms with E-state index in [-0.39, 0.29) is 10.7 Å². The van der Waals surface area contributed by atoms with Crippen molar-refractivity contribution < 1.29 is 4.92 Å². The van der Waals surface area contributed by atoms with Gasteiger partial charge in [-0.3, -0.25) is 0 Å². The van der Waals surface area contributed by atoms with Crippen LogP contribution >= 0.6 is 11.3 Å². The lowest BCUT2D eigenvalue weighted by Gasteiger charge is -2.34. The second kappa shape index (κ2) is 6.84. The fraction of sp³-hybridized carbons (Fsp3) is 0.667. The molecule has 1 N–H and O–H groups in total. The number of nitrogens with one attached hydrogen (secondary N) is 1. The van der Waals surface area contributed by atoms with Gasteiger partial charge in [-0.2, -0.15) is 9.38 Å². The number of hydrogen-bond donors (Lipinski definition) is 1. The van der Waals surface area contributed by atoms with E-state index >= 15 is 0 Å². The molecule has 0 aliphatic heterocycles. The van der Waals surface area contributed by atoms with Crippen LogP contribution in [0.4, 0.5) is 11.6 Å². The maximum absolute atomic E-state index is 11.4. The van der Waals surface area contributed by atoms with Crippen molar-refractivity contribution in [2.75, 3.05) is 26.0 Å². The van der Waals surface area contributed by atoms with Crippen LogP contribution in [0, 0.1) is 16.0 Å². The number of likely N-dealkylation sites (N-methyl/N-ethyl adjacent to an activating group) is 1. The number of anilines is 1. The second-order valence-electron chi connectivity index (χ2n) is 6.41. The maximum atomic E-state index is 11.4. The fourth-order valence-electron chi connectivity index (χ4n) is 3.56. The summed E-state index contributed by atoms with van der Waals surface area (Å²) in [4.78, 5) is 18.3. The summed E-state index contributed by atoms with van der Waals surface area (Å²) in [5.74, 6) is 1.06. The van der Waals surface area contributed by atoms with Crippen molar-refractivity contribution in [2.45, 2.75) is 38.1 Å². The van der Waals surface area contributed by atoms with E-state index in [0.717, 1.165) is 0 Å². The van der Waals surface area contributed by atoms with Crippen LogP contribution < -0.4 is 5.32 Å². The van der Waals surface area contributed by atoms with E-state index in [1.807, 2.05) is 5.38 Å². The van der Waals surface area contributed by atoms with Gasteiger partial charge in [0.15, 0.2) is 0 Å². The predicted molar refractivity (Wildman–Crippen MR) is 92.3 cm³/mol.